The summed E-state index contributed by atoms with van der Waals surface area (Å²) in [6.07, 6.45) is 6.64. The molecule has 1 aliphatic carbocycles. The third kappa shape index (κ3) is 3.64. The summed E-state index contributed by atoms with van der Waals surface area (Å²) >= 11 is 6.05. The number of anilines is 1. The van der Waals surface area contributed by atoms with Crippen LogP contribution in [0.15, 0.2) is 18.2 Å². The maximum atomic E-state index is 6.05. The van der Waals surface area contributed by atoms with Crippen molar-refractivity contribution >= 4 is 17.3 Å². The summed E-state index contributed by atoms with van der Waals surface area (Å²) in [7, 11) is 0. The predicted molar refractivity (Wildman–Crippen MR) is 75.8 cm³/mol. The van der Waals surface area contributed by atoms with Crippen LogP contribution in [0, 0.1) is 12.8 Å². The molecule has 2 unspecified atom stereocenters. The molecule has 0 saturated heterocycles. The van der Waals surface area contributed by atoms with E-state index >= 15 is 0 Å². The maximum Gasteiger partial charge on any atom is 0.0426 e. The van der Waals surface area contributed by atoms with E-state index in [-0.39, 0.29) is 0 Å². The van der Waals surface area contributed by atoms with Gasteiger partial charge in [-0.25, -0.2) is 0 Å². The molecule has 0 aliphatic heterocycles. The first kappa shape index (κ1) is 12.8. The molecule has 0 spiro atoms. The van der Waals surface area contributed by atoms with Gasteiger partial charge in [-0.3, -0.25) is 0 Å². The van der Waals surface area contributed by atoms with Crippen LogP contribution < -0.4 is 5.32 Å². The fraction of sp³-hybridized carbons (Fsp3) is 0.600. The molecule has 0 radical (unpaired) electrons. The second kappa shape index (κ2) is 5.77. The van der Waals surface area contributed by atoms with E-state index < -0.39 is 0 Å². The van der Waals surface area contributed by atoms with Crippen molar-refractivity contribution in [3.63, 3.8) is 0 Å². The van der Waals surface area contributed by atoms with Crippen molar-refractivity contribution in [1.82, 2.24) is 0 Å². The van der Waals surface area contributed by atoms with Crippen molar-refractivity contribution < 1.29 is 0 Å². The predicted octanol–water partition coefficient (Wildman–Crippen LogP) is 5.03. The first-order valence-electron chi connectivity index (χ1n) is 6.68. The fourth-order valence-corrected chi connectivity index (χ4v) is 2.77. The van der Waals surface area contributed by atoms with Gasteiger partial charge in [0.2, 0.25) is 0 Å². The Morgan fingerprint density at radius 3 is 2.82 bits per heavy atom. The van der Waals surface area contributed by atoms with Gasteiger partial charge in [-0.05, 0) is 49.8 Å². The highest BCUT2D eigenvalue weighted by molar-refractivity contribution is 6.30. The molecule has 1 fully saturated rings. The van der Waals surface area contributed by atoms with Gasteiger partial charge in [0, 0.05) is 16.8 Å². The van der Waals surface area contributed by atoms with Gasteiger partial charge >= 0.3 is 0 Å². The van der Waals surface area contributed by atoms with Crippen molar-refractivity contribution in [3.8, 4) is 0 Å². The standard InChI is InChI=1S/C15H22ClN/c1-11-4-3-5-14(9-6-11)17-15-10-13(16)8-7-12(15)2/h7-8,10-11,14,17H,3-6,9H2,1-2H3. The van der Waals surface area contributed by atoms with Crippen molar-refractivity contribution in [3.05, 3.63) is 28.8 Å². The molecule has 0 heterocycles. The molecule has 0 amide bonds. The Morgan fingerprint density at radius 1 is 1.18 bits per heavy atom. The first-order valence-corrected chi connectivity index (χ1v) is 7.05. The van der Waals surface area contributed by atoms with Crippen LogP contribution in [0.25, 0.3) is 0 Å². The smallest absolute Gasteiger partial charge is 0.0426 e. The lowest BCUT2D eigenvalue weighted by atomic mass is 10.0. The Labute approximate surface area is 110 Å². The van der Waals surface area contributed by atoms with Crippen LogP contribution in [0.3, 0.4) is 0 Å². The van der Waals surface area contributed by atoms with E-state index in [1.165, 1.54) is 43.4 Å². The van der Waals surface area contributed by atoms with Crippen molar-refractivity contribution in [2.45, 2.75) is 52.0 Å². The molecule has 1 saturated carbocycles. The van der Waals surface area contributed by atoms with E-state index in [2.05, 4.69) is 25.2 Å². The molecule has 1 aromatic rings. The lowest BCUT2D eigenvalue weighted by molar-refractivity contribution is 0.502. The molecular weight excluding hydrogens is 230 g/mol. The summed E-state index contributed by atoms with van der Waals surface area (Å²) in [5, 5.41) is 4.49. The SMILES string of the molecule is Cc1ccc(Cl)cc1NC1CCCC(C)CC1. The van der Waals surface area contributed by atoms with Gasteiger partial charge in [0.25, 0.3) is 0 Å². The number of benzene rings is 1. The number of aryl methyl sites for hydroxylation is 1. The highest BCUT2D eigenvalue weighted by atomic mass is 35.5. The lowest BCUT2D eigenvalue weighted by Gasteiger charge is -2.19. The third-order valence-corrected chi connectivity index (χ3v) is 4.05. The van der Waals surface area contributed by atoms with Gasteiger partial charge < -0.3 is 5.32 Å². The number of nitrogens with one attached hydrogen (secondary N) is 1. The number of hydrogen-bond donors (Lipinski definition) is 1. The van der Waals surface area contributed by atoms with Crippen LogP contribution in [-0.4, -0.2) is 6.04 Å². The normalized spacial score (nSPS) is 25.4. The zero-order valence-electron chi connectivity index (χ0n) is 10.8. The Morgan fingerprint density at radius 2 is 2.00 bits per heavy atom. The van der Waals surface area contributed by atoms with Crippen molar-refractivity contribution in [2.24, 2.45) is 5.92 Å². The molecule has 2 atom stereocenters. The summed E-state index contributed by atoms with van der Waals surface area (Å²) in [6.45, 7) is 4.50. The lowest BCUT2D eigenvalue weighted by Crippen LogP contribution is -2.19. The highest BCUT2D eigenvalue weighted by Gasteiger charge is 2.16. The molecule has 1 nitrogen and oxygen atoms in total. The van der Waals surface area contributed by atoms with Crippen LogP contribution >= 0.6 is 11.6 Å². The van der Waals surface area contributed by atoms with Crippen molar-refractivity contribution in [2.75, 3.05) is 5.32 Å². The summed E-state index contributed by atoms with van der Waals surface area (Å²) in [5.41, 5.74) is 2.49. The average molecular weight is 252 g/mol. The topological polar surface area (TPSA) is 12.0 Å². The minimum atomic E-state index is 0.622. The first-order chi connectivity index (χ1) is 8.15. The Kier molecular flexibility index (Phi) is 4.33. The average Bonchev–Trinajstić information content (AvgIpc) is 2.49. The summed E-state index contributed by atoms with van der Waals surface area (Å²) in [6, 6.07) is 6.71. The Hall–Kier alpha value is -0.690. The second-order valence-electron chi connectivity index (χ2n) is 5.41. The van der Waals surface area contributed by atoms with E-state index in [1.54, 1.807) is 0 Å². The van der Waals surface area contributed by atoms with Crippen molar-refractivity contribution in [1.29, 1.82) is 0 Å². The molecule has 1 aromatic carbocycles. The summed E-state index contributed by atoms with van der Waals surface area (Å²) in [4.78, 5) is 0. The zero-order valence-corrected chi connectivity index (χ0v) is 11.6. The van der Waals surface area contributed by atoms with Crippen LogP contribution in [0.5, 0.6) is 0 Å². The van der Waals surface area contributed by atoms with Gasteiger partial charge in [-0.1, -0.05) is 37.4 Å². The second-order valence-corrected chi connectivity index (χ2v) is 5.85. The monoisotopic (exact) mass is 251 g/mol. The van der Waals surface area contributed by atoms with Gasteiger partial charge in [0.15, 0.2) is 0 Å². The van der Waals surface area contributed by atoms with Gasteiger partial charge in [-0.15, -0.1) is 0 Å². The van der Waals surface area contributed by atoms with Gasteiger partial charge in [0.1, 0.15) is 0 Å². The third-order valence-electron chi connectivity index (χ3n) is 3.82. The molecule has 1 N–H and O–H groups in total. The molecule has 0 aromatic heterocycles. The van der Waals surface area contributed by atoms with E-state index in [9.17, 15) is 0 Å². The van der Waals surface area contributed by atoms with Crippen LogP contribution in [0.2, 0.25) is 5.02 Å². The van der Waals surface area contributed by atoms with Gasteiger partial charge in [0.05, 0.1) is 0 Å². The quantitative estimate of drug-likeness (QED) is 0.727. The number of halogens is 1. The molecule has 94 valence electrons. The Bertz CT molecular complexity index is 375. The highest BCUT2D eigenvalue weighted by Crippen LogP contribution is 2.27. The molecule has 17 heavy (non-hydrogen) atoms. The van der Waals surface area contributed by atoms with Gasteiger partial charge in [-0.2, -0.15) is 0 Å². The molecule has 2 rings (SSSR count). The van der Waals surface area contributed by atoms with E-state index in [0.717, 1.165) is 10.9 Å². The summed E-state index contributed by atoms with van der Waals surface area (Å²) in [5.74, 6) is 0.891. The molecule has 0 bridgehead atoms. The zero-order chi connectivity index (χ0) is 12.3. The minimum absolute atomic E-state index is 0.622. The van der Waals surface area contributed by atoms with E-state index in [1.807, 2.05) is 12.1 Å². The number of hydrogen-bond acceptors (Lipinski definition) is 1. The van der Waals surface area contributed by atoms with Crippen LogP contribution in [0.1, 0.15) is 44.6 Å². The Balaban J connectivity index is 2.02. The molecule has 1 aliphatic rings. The number of rotatable bonds is 2. The molecule has 2 heteroatoms. The maximum absolute atomic E-state index is 6.05. The largest absolute Gasteiger partial charge is 0.382 e. The minimum Gasteiger partial charge on any atom is -0.382 e. The summed E-state index contributed by atoms with van der Waals surface area (Å²) < 4.78 is 0. The van der Waals surface area contributed by atoms with E-state index in [0.29, 0.717) is 6.04 Å². The van der Waals surface area contributed by atoms with E-state index in [4.69, 9.17) is 11.6 Å². The van der Waals surface area contributed by atoms with Crippen LogP contribution in [0.4, 0.5) is 5.69 Å². The van der Waals surface area contributed by atoms with Crippen LogP contribution in [-0.2, 0) is 0 Å². The fourth-order valence-electron chi connectivity index (χ4n) is 2.60. The molecular formula is C15H22ClN.